The van der Waals surface area contributed by atoms with Crippen LogP contribution in [0.25, 0.3) is 0 Å². The minimum atomic E-state index is -1.11. The van der Waals surface area contributed by atoms with E-state index in [1.54, 1.807) is 25.1 Å². The molecule has 0 saturated carbocycles. The van der Waals surface area contributed by atoms with Gasteiger partial charge in [-0.3, -0.25) is 0 Å². The molecule has 0 aliphatic rings. The molecule has 0 amide bonds. The molecule has 0 aromatic heterocycles. The summed E-state index contributed by atoms with van der Waals surface area (Å²) >= 11 is 4.54. The Labute approximate surface area is 147 Å². The van der Waals surface area contributed by atoms with E-state index >= 15 is 0 Å². The molecule has 0 saturated heterocycles. The van der Waals surface area contributed by atoms with Crippen LogP contribution in [0.2, 0.25) is 0 Å². The molecule has 9 heteroatoms. The summed E-state index contributed by atoms with van der Waals surface area (Å²) < 4.78 is 39.4. The number of benzene rings is 2. The zero-order valence-corrected chi connectivity index (χ0v) is 15.0. The number of rotatable bonds is 2. The van der Waals surface area contributed by atoms with Crippen LogP contribution in [0.5, 0.6) is 0 Å². The molecular weight excluding hydrogens is 392 g/mol. The number of azo groups is 1. The predicted octanol–water partition coefficient (Wildman–Crippen LogP) is 6.11. The number of aryl methyl sites for hydroxylation is 1. The Morgan fingerprint density at radius 3 is 2.14 bits per heavy atom. The SMILES string of the molecule is Cc1cccc(N=Nc2c(F)cc(F)cc2F)c1[S-].[Cl][Ti][Cl]. The van der Waals surface area contributed by atoms with Crippen molar-refractivity contribution in [3.05, 3.63) is 53.3 Å². The van der Waals surface area contributed by atoms with Crippen molar-refractivity contribution in [1.82, 2.24) is 0 Å². The molecule has 2 aromatic carbocycles. The van der Waals surface area contributed by atoms with Gasteiger partial charge in [-0.15, -0.1) is 10.0 Å². The molecule has 0 unspecified atom stereocenters. The Bertz CT molecular complexity index is 663. The summed E-state index contributed by atoms with van der Waals surface area (Å²) in [5, 5.41) is 7.17. The van der Waals surface area contributed by atoms with Gasteiger partial charge in [0.05, 0.1) is 5.69 Å². The first-order chi connectivity index (χ1) is 10.4. The molecule has 2 nitrogen and oxygen atoms in total. The second-order valence-electron chi connectivity index (χ2n) is 3.91. The molecule has 0 N–H and O–H groups in total. The van der Waals surface area contributed by atoms with E-state index in [1.807, 2.05) is 0 Å². The molecule has 116 valence electrons. The summed E-state index contributed by atoms with van der Waals surface area (Å²) in [5.74, 6) is -3.23. The number of hydrogen-bond donors (Lipinski definition) is 0. The van der Waals surface area contributed by atoms with Crippen LogP contribution in [0.15, 0.2) is 45.5 Å². The van der Waals surface area contributed by atoms with Gasteiger partial charge in [-0.1, -0.05) is 17.7 Å². The molecule has 0 bridgehead atoms. The van der Waals surface area contributed by atoms with Gasteiger partial charge < -0.3 is 12.6 Å². The van der Waals surface area contributed by atoms with Crippen LogP contribution in [0.3, 0.4) is 0 Å². The van der Waals surface area contributed by atoms with E-state index in [-0.39, 0.29) is 0 Å². The minimum absolute atomic E-state index is 0.332. The average molecular weight is 400 g/mol. The standard InChI is InChI=1S/C13H9F3N2S.2ClH.Ti/c1-7-3-2-4-11(13(7)19)17-18-12-9(15)5-8(14)6-10(12)16;;;/h2-6,19H,1H3;2*1H;/q;;;+2/p-3. The number of hydrogen-bond acceptors (Lipinski definition) is 3. The average Bonchev–Trinajstić information content (AvgIpc) is 2.43. The van der Waals surface area contributed by atoms with Crippen molar-refractivity contribution < 1.29 is 30.2 Å². The number of nitrogens with zero attached hydrogens (tertiary/aromatic N) is 2. The van der Waals surface area contributed by atoms with Crippen molar-refractivity contribution in [3.8, 4) is 0 Å². The molecule has 2 aromatic rings. The third kappa shape index (κ3) is 5.52. The zero-order valence-electron chi connectivity index (χ0n) is 11.1. The van der Waals surface area contributed by atoms with Gasteiger partial charge in [0, 0.05) is 12.1 Å². The summed E-state index contributed by atoms with van der Waals surface area (Å²) in [7, 11) is 9.78. The van der Waals surface area contributed by atoms with Gasteiger partial charge >= 0.3 is 35.6 Å². The molecule has 0 heterocycles. The van der Waals surface area contributed by atoms with Crippen LogP contribution < -0.4 is 0 Å². The molecule has 2 rings (SSSR count). The molecule has 0 spiro atoms. The third-order valence-electron chi connectivity index (χ3n) is 2.43. The summed E-state index contributed by atoms with van der Waals surface area (Å²) in [4.78, 5) is 0.453. The Kier molecular flexibility index (Phi) is 8.35. The topological polar surface area (TPSA) is 24.7 Å². The van der Waals surface area contributed by atoms with Crippen LogP contribution in [-0.2, 0) is 29.7 Å². The van der Waals surface area contributed by atoms with Crippen LogP contribution in [-0.4, -0.2) is 0 Å². The van der Waals surface area contributed by atoms with E-state index in [9.17, 15) is 13.2 Å². The van der Waals surface area contributed by atoms with Crippen molar-refractivity contribution in [2.75, 3.05) is 0 Å². The second kappa shape index (κ2) is 9.48. The first-order valence-corrected chi connectivity index (χ1v) is 10.4. The van der Waals surface area contributed by atoms with Gasteiger partial charge in [0.2, 0.25) is 0 Å². The van der Waals surface area contributed by atoms with E-state index in [4.69, 9.17) is 31.2 Å². The van der Waals surface area contributed by atoms with Gasteiger partial charge in [0.1, 0.15) is 5.82 Å². The molecule has 22 heavy (non-hydrogen) atoms. The third-order valence-corrected chi connectivity index (χ3v) is 2.96. The van der Waals surface area contributed by atoms with Crippen LogP contribution >= 0.6 is 18.6 Å². The van der Waals surface area contributed by atoms with E-state index in [0.717, 1.165) is 5.56 Å². The maximum absolute atomic E-state index is 13.3. The van der Waals surface area contributed by atoms with Gasteiger partial charge in [0.25, 0.3) is 0 Å². The Hall–Kier alpha value is -0.656. The monoisotopic (exact) mass is 399 g/mol. The van der Waals surface area contributed by atoms with E-state index in [2.05, 4.69) is 10.2 Å². The first-order valence-electron chi connectivity index (χ1n) is 5.69. The molecule has 0 radical (unpaired) electrons. The molecule has 0 fully saturated rings. The van der Waals surface area contributed by atoms with Crippen molar-refractivity contribution >= 4 is 42.6 Å². The van der Waals surface area contributed by atoms with Gasteiger partial charge in [-0.25, -0.2) is 13.2 Å². The van der Waals surface area contributed by atoms with Crippen LogP contribution in [0.1, 0.15) is 5.56 Å². The van der Waals surface area contributed by atoms with E-state index < -0.39 is 40.2 Å². The van der Waals surface area contributed by atoms with Crippen molar-refractivity contribution in [1.29, 1.82) is 0 Å². The molecule has 0 aliphatic heterocycles. The second-order valence-corrected chi connectivity index (χ2v) is 6.90. The molecule has 0 aliphatic carbocycles. The quantitative estimate of drug-likeness (QED) is 0.339. The molecule has 0 atom stereocenters. The molecular formula is C13H8Cl2F3N2STi-. The zero-order chi connectivity index (χ0) is 16.7. The van der Waals surface area contributed by atoms with Crippen molar-refractivity contribution in [3.63, 3.8) is 0 Å². The van der Waals surface area contributed by atoms with Gasteiger partial charge in [0.15, 0.2) is 17.3 Å². The van der Waals surface area contributed by atoms with Crippen molar-refractivity contribution in [2.45, 2.75) is 11.8 Å². The normalized spacial score (nSPS) is 10.3. The first kappa shape index (κ1) is 19.4. The summed E-state index contributed by atoms with van der Waals surface area (Å²) in [5.41, 5.74) is 0.502. The maximum atomic E-state index is 13.3. The Morgan fingerprint density at radius 1 is 1.05 bits per heavy atom. The fourth-order valence-corrected chi connectivity index (χ4v) is 1.63. The Balaban J connectivity index is 0.000000745. The van der Waals surface area contributed by atoms with Gasteiger partial charge in [-0.05, 0) is 13.0 Å². The van der Waals surface area contributed by atoms with Gasteiger partial charge in [-0.2, -0.15) is 5.11 Å². The predicted molar refractivity (Wildman–Crippen MR) is 79.0 cm³/mol. The number of halogens is 5. The van der Waals surface area contributed by atoms with E-state index in [0.29, 0.717) is 22.7 Å². The Morgan fingerprint density at radius 2 is 1.59 bits per heavy atom. The summed E-state index contributed by atoms with van der Waals surface area (Å²) in [6.07, 6.45) is 0. The summed E-state index contributed by atoms with van der Waals surface area (Å²) in [6, 6.07) is 6.17. The van der Waals surface area contributed by atoms with Crippen molar-refractivity contribution in [2.24, 2.45) is 10.2 Å². The fraction of sp³-hybridized carbons (Fsp3) is 0.0769. The van der Waals surface area contributed by atoms with E-state index in [1.165, 1.54) is 0 Å². The summed E-state index contributed by atoms with van der Waals surface area (Å²) in [6.45, 7) is 1.79. The fourth-order valence-electron chi connectivity index (χ4n) is 1.45. The van der Waals surface area contributed by atoms with Crippen LogP contribution in [0.4, 0.5) is 24.5 Å². The van der Waals surface area contributed by atoms with Crippen LogP contribution in [0, 0.1) is 24.4 Å².